The van der Waals surface area contributed by atoms with Gasteiger partial charge in [0.25, 0.3) is 0 Å². The Morgan fingerprint density at radius 3 is 2.39 bits per heavy atom. The summed E-state index contributed by atoms with van der Waals surface area (Å²) in [6, 6.07) is 0. The number of unbranched alkanes of at least 4 members (excludes halogenated alkanes) is 8. The normalized spacial score (nSPS) is 11.7. The fourth-order valence-electron chi connectivity index (χ4n) is 3.94. The zero-order chi connectivity index (χ0) is 26.0. The van der Waals surface area contributed by atoms with Crippen LogP contribution in [0.1, 0.15) is 120 Å². The van der Waals surface area contributed by atoms with E-state index >= 15 is 0 Å². The Hall–Kier alpha value is -1.31. The molecule has 0 saturated carbocycles. The van der Waals surface area contributed by atoms with Gasteiger partial charge in [-0.3, -0.25) is 9.59 Å². The lowest BCUT2D eigenvalue weighted by Gasteiger charge is -2.04. The van der Waals surface area contributed by atoms with Crippen molar-refractivity contribution >= 4 is 45.3 Å². The lowest BCUT2D eigenvalue weighted by molar-refractivity contribution is -0.111. The van der Waals surface area contributed by atoms with Gasteiger partial charge in [-0.15, -0.1) is 22.7 Å². The number of thiazole rings is 2. The van der Waals surface area contributed by atoms with E-state index in [1.165, 1.54) is 37.4 Å². The molecule has 0 aliphatic rings. The van der Waals surface area contributed by atoms with Crippen LogP contribution in [0.5, 0.6) is 0 Å². The van der Waals surface area contributed by atoms with Crippen LogP contribution in [0, 0.1) is 5.92 Å². The van der Waals surface area contributed by atoms with Crippen molar-refractivity contribution in [2.24, 2.45) is 5.92 Å². The Morgan fingerprint density at radius 1 is 0.944 bits per heavy atom. The van der Waals surface area contributed by atoms with E-state index in [-0.39, 0.29) is 5.78 Å². The highest BCUT2D eigenvalue weighted by Crippen LogP contribution is 2.32. The third-order valence-corrected chi connectivity index (χ3v) is 8.85. The predicted molar refractivity (Wildman–Crippen MR) is 158 cm³/mol. The number of Topliss-reactive ketones (excluding diaryl/α,β-unsaturated/α-hetero) is 1. The second-order valence-electron chi connectivity index (χ2n) is 9.75. The minimum Gasteiger partial charge on any atom is -0.292 e. The summed E-state index contributed by atoms with van der Waals surface area (Å²) in [5.41, 5.74) is 0.676. The summed E-state index contributed by atoms with van der Waals surface area (Å²) >= 11 is 4.69. The van der Waals surface area contributed by atoms with Crippen molar-refractivity contribution in [3.05, 3.63) is 34.3 Å². The first-order valence-electron chi connectivity index (χ1n) is 13.7. The molecule has 0 atom stereocenters. The summed E-state index contributed by atoms with van der Waals surface area (Å²) in [6.45, 7) is 6.57. The smallest absolute Gasteiger partial charge is 0.188 e. The molecular weight excluding hydrogens is 505 g/mol. The van der Waals surface area contributed by atoms with E-state index in [1.807, 2.05) is 5.38 Å². The summed E-state index contributed by atoms with van der Waals surface area (Å²) in [7, 11) is 0. The van der Waals surface area contributed by atoms with E-state index < -0.39 is 0 Å². The van der Waals surface area contributed by atoms with E-state index in [4.69, 9.17) is 4.98 Å². The van der Waals surface area contributed by atoms with Gasteiger partial charge in [-0.05, 0) is 44.4 Å². The van der Waals surface area contributed by atoms with Gasteiger partial charge in [0.15, 0.2) is 20.9 Å². The van der Waals surface area contributed by atoms with E-state index in [0.29, 0.717) is 23.1 Å². The molecule has 2 aromatic rings. The molecule has 0 saturated heterocycles. The monoisotopic (exact) mass is 548 g/mol. The van der Waals surface area contributed by atoms with E-state index in [2.05, 4.69) is 37.9 Å². The molecule has 0 spiro atoms. The molecule has 0 aliphatic carbocycles. The molecule has 4 nitrogen and oxygen atoms in total. The number of carbonyl (C=O) groups excluding carboxylic acids is 2. The molecule has 0 aromatic carbocycles. The van der Waals surface area contributed by atoms with Crippen LogP contribution in [0.2, 0.25) is 0 Å². The molecule has 36 heavy (non-hydrogen) atoms. The van der Waals surface area contributed by atoms with Gasteiger partial charge in [0, 0.05) is 35.0 Å². The summed E-state index contributed by atoms with van der Waals surface area (Å²) in [5, 5.41) is 4.08. The van der Waals surface area contributed by atoms with Crippen molar-refractivity contribution in [1.82, 2.24) is 9.97 Å². The van der Waals surface area contributed by atoms with Gasteiger partial charge in [0.2, 0.25) is 0 Å². The van der Waals surface area contributed by atoms with Crippen LogP contribution >= 0.6 is 34.4 Å². The standard InChI is InChI=1S/C29H44N2O2S3/c1-4-5-6-11-15-18-26(33)34-20-16-13-10-8-7-9-12-14-17-24(32)27-25(22-23(2)3)36-29(31-27)28-30-19-21-35-28/h10,13,19,21,23H,4-9,11-12,14-18,20,22H2,1-3H3/b13-10+. The van der Waals surface area contributed by atoms with Gasteiger partial charge >= 0.3 is 0 Å². The second-order valence-corrected chi connectivity index (χ2v) is 12.9. The van der Waals surface area contributed by atoms with Crippen molar-refractivity contribution in [2.45, 2.75) is 111 Å². The molecule has 0 fully saturated rings. The first kappa shape index (κ1) is 30.9. The average molecular weight is 549 g/mol. The molecule has 2 rings (SSSR count). The molecule has 2 aromatic heterocycles. The molecule has 0 unspecified atom stereocenters. The largest absolute Gasteiger partial charge is 0.292 e. The Balaban J connectivity index is 1.55. The van der Waals surface area contributed by atoms with Crippen molar-refractivity contribution in [3.8, 4) is 10.0 Å². The highest BCUT2D eigenvalue weighted by Gasteiger charge is 2.20. The van der Waals surface area contributed by atoms with Gasteiger partial charge < -0.3 is 0 Å². The molecular formula is C29H44N2O2S3. The number of nitrogens with zero attached hydrogens (tertiary/aromatic N) is 2. The van der Waals surface area contributed by atoms with Crippen molar-refractivity contribution in [3.63, 3.8) is 0 Å². The number of allylic oxidation sites excluding steroid dienone is 2. The van der Waals surface area contributed by atoms with E-state index in [1.54, 1.807) is 28.9 Å². The maximum absolute atomic E-state index is 12.9. The van der Waals surface area contributed by atoms with Crippen molar-refractivity contribution in [1.29, 1.82) is 0 Å². The van der Waals surface area contributed by atoms with Crippen LogP contribution < -0.4 is 0 Å². The minimum absolute atomic E-state index is 0.178. The summed E-state index contributed by atoms with van der Waals surface area (Å²) in [6.07, 6.45) is 20.8. The first-order chi connectivity index (χ1) is 17.5. The summed E-state index contributed by atoms with van der Waals surface area (Å²) in [5.74, 6) is 1.57. The van der Waals surface area contributed by atoms with Crippen LogP contribution in [0.15, 0.2) is 23.7 Å². The Bertz CT molecular complexity index is 904. The number of carbonyl (C=O) groups is 2. The van der Waals surface area contributed by atoms with Gasteiger partial charge in [0.1, 0.15) is 5.69 Å². The topological polar surface area (TPSA) is 59.9 Å². The number of rotatable bonds is 20. The van der Waals surface area contributed by atoms with Crippen LogP contribution in [0.25, 0.3) is 10.0 Å². The average Bonchev–Trinajstić information content (AvgIpc) is 3.52. The van der Waals surface area contributed by atoms with E-state index in [0.717, 1.165) is 78.4 Å². The van der Waals surface area contributed by atoms with Gasteiger partial charge in [-0.2, -0.15) is 0 Å². The third kappa shape index (κ3) is 12.8. The first-order valence-corrected chi connectivity index (χ1v) is 16.4. The molecule has 7 heteroatoms. The number of thioether (sulfide) groups is 1. The fraction of sp³-hybridized carbons (Fsp3) is 0.655. The number of hydrogen-bond acceptors (Lipinski definition) is 7. The highest BCUT2D eigenvalue weighted by molar-refractivity contribution is 8.13. The van der Waals surface area contributed by atoms with Crippen LogP contribution in [0.3, 0.4) is 0 Å². The molecule has 0 N–H and O–H groups in total. The maximum Gasteiger partial charge on any atom is 0.188 e. The lowest BCUT2D eigenvalue weighted by atomic mass is 10.0. The van der Waals surface area contributed by atoms with Gasteiger partial charge in [0.05, 0.1) is 0 Å². The van der Waals surface area contributed by atoms with Crippen molar-refractivity contribution in [2.75, 3.05) is 5.75 Å². The molecule has 0 aliphatic heterocycles. The van der Waals surface area contributed by atoms with E-state index in [9.17, 15) is 9.59 Å². The van der Waals surface area contributed by atoms with Crippen LogP contribution in [0.4, 0.5) is 0 Å². The number of aromatic nitrogens is 2. The molecule has 2 heterocycles. The number of ketones is 1. The Kier molecular flexibility index (Phi) is 16.2. The Labute approximate surface area is 230 Å². The molecule has 200 valence electrons. The molecule has 0 radical (unpaired) electrons. The minimum atomic E-state index is 0.178. The zero-order valence-electron chi connectivity index (χ0n) is 22.4. The Morgan fingerprint density at radius 2 is 1.67 bits per heavy atom. The molecule has 0 bridgehead atoms. The zero-order valence-corrected chi connectivity index (χ0v) is 24.9. The summed E-state index contributed by atoms with van der Waals surface area (Å²) < 4.78 is 0. The summed E-state index contributed by atoms with van der Waals surface area (Å²) in [4.78, 5) is 34.9. The highest BCUT2D eigenvalue weighted by atomic mass is 32.2. The second kappa shape index (κ2) is 18.9. The van der Waals surface area contributed by atoms with Crippen LogP contribution in [-0.2, 0) is 11.2 Å². The maximum atomic E-state index is 12.9. The fourth-order valence-corrected chi connectivity index (χ4v) is 6.68. The van der Waals surface area contributed by atoms with Gasteiger partial charge in [-0.1, -0.05) is 83.2 Å². The van der Waals surface area contributed by atoms with Crippen LogP contribution in [-0.4, -0.2) is 26.6 Å². The molecule has 0 amide bonds. The SMILES string of the molecule is CCCCCCCC(=O)SCC/C=C/CCCCCCC(=O)c1nc(-c2nccs2)sc1CC(C)C. The van der Waals surface area contributed by atoms with Crippen molar-refractivity contribution < 1.29 is 9.59 Å². The number of hydrogen-bond donors (Lipinski definition) is 0. The third-order valence-electron chi connectivity index (χ3n) is 5.89. The lowest BCUT2D eigenvalue weighted by Crippen LogP contribution is -2.05. The quantitative estimate of drug-likeness (QED) is 0.0936. The van der Waals surface area contributed by atoms with Gasteiger partial charge in [-0.25, -0.2) is 9.97 Å². The predicted octanol–water partition coefficient (Wildman–Crippen LogP) is 9.55.